The first kappa shape index (κ1) is 40.3. The van der Waals surface area contributed by atoms with E-state index in [4.69, 9.17) is 16.9 Å². The van der Waals surface area contributed by atoms with Crippen molar-refractivity contribution in [2.24, 2.45) is 11.7 Å². The van der Waals surface area contributed by atoms with Crippen molar-refractivity contribution in [1.82, 2.24) is 9.88 Å². The number of halogens is 3. The van der Waals surface area contributed by atoms with Gasteiger partial charge in [-0.1, -0.05) is 61.0 Å². The minimum Gasteiger partial charge on any atom is -0.402 e. The third kappa shape index (κ3) is 12.7. The van der Waals surface area contributed by atoms with Crippen molar-refractivity contribution in [1.29, 1.82) is 5.41 Å². The molecule has 234 valence electrons. The predicted octanol–water partition coefficient (Wildman–Crippen LogP) is 7.48. The number of pyridine rings is 1. The molecule has 0 aromatic carbocycles. The van der Waals surface area contributed by atoms with Gasteiger partial charge in [-0.05, 0) is 44.1 Å². The minimum absolute atomic E-state index is 0.0803. The molecular weight excluding hydrogens is 551 g/mol. The van der Waals surface area contributed by atoms with Crippen molar-refractivity contribution in [2.45, 2.75) is 99.2 Å². The van der Waals surface area contributed by atoms with E-state index >= 15 is 0 Å². The topological polar surface area (TPSA) is 126 Å². The number of hydrogen-bond acceptors (Lipinski definition) is 7. The average molecular weight is 602 g/mol. The van der Waals surface area contributed by atoms with Crippen molar-refractivity contribution in [3.63, 3.8) is 0 Å². The van der Waals surface area contributed by atoms with Crippen LogP contribution in [0.25, 0.3) is 0 Å². The summed E-state index contributed by atoms with van der Waals surface area (Å²) in [7, 11) is 0. The van der Waals surface area contributed by atoms with Crippen LogP contribution < -0.4 is 11.5 Å². The number of anilines is 1. The molecule has 1 aliphatic heterocycles. The zero-order valence-corrected chi connectivity index (χ0v) is 26.8. The zero-order chi connectivity index (χ0) is 32.3. The van der Waals surface area contributed by atoms with Crippen LogP contribution in [-0.4, -0.2) is 46.1 Å². The van der Waals surface area contributed by atoms with Gasteiger partial charge in [0.1, 0.15) is 5.69 Å². The standard InChI is InChI=1S/C18H24F3N5O.C9H16O.C2H6.CH4S/c1-3-5-11(22)16-12(23)6-7-26(14(16)4-2)17(27)10-9-25-15(8-13(10)24)18(19,20)21;1-4-6-7-9(10)8(3)5-2;2*1-2/h8-9,14,22H,3-7,23H2,1-2H3,(H2,24,25);6-8H,4-5H2,1-3H3;1-2H3;2H,1H3/b;7-6+;;. The molecule has 2 unspecified atom stereocenters. The van der Waals surface area contributed by atoms with Gasteiger partial charge in [0.25, 0.3) is 5.91 Å². The fourth-order valence-electron chi connectivity index (χ4n) is 3.91. The van der Waals surface area contributed by atoms with Gasteiger partial charge in [-0.3, -0.25) is 14.6 Å². The van der Waals surface area contributed by atoms with Gasteiger partial charge in [0.05, 0.1) is 11.6 Å². The van der Waals surface area contributed by atoms with Gasteiger partial charge in [0, 0.05) is 47.7 Å². The number of carbonyl (C=O) groups excluding carboxylic acids is 2. The lowest BCUT2D eigenvalue weighted by atomic mass is 9.89. The number of rotatable bonds is 9. The second kappa shape index (κ2) is 21.0. The van der Waals surface area contributed by atoms with Crippen LogP contribution in [0, 0.1) is 11.3 Å². The van der Waals surface area contributed by atoms with Crippen molar-refractivity contribution < 1.29 is 22.8 Å². The maximum atomic E-state index is 13.0. The number of nitrogens with zero attached hydrogens (tertiary/aromatic N) is 2. The highest BCUT2D eigenvalue weighted by Crippen LogP contribution is 2.32. The van der Waals surface area contributed by atoms with E-state index in [0.29, 0.717) is 48.9 Å². The lowest BCUT2D eigenvalue weighted by molar-refractivity contribution is -0.141. The molecule has 5 N–H and O–H groups in total. The maximum absolute atomic E-state index is 13.0. The van der Waals surface area contributed by atoms with Crippen LogP contribution in [0.1, 0.15) is 103 Å². The van der Waals surface area contributed by atoms with Gasteiger partial charge in [-0.15, -0.1) is 0 Å². The average Bonchev–Trinajstić information content (AvgIpc) is 2.96. The quantitative estimate of drug-likeness (QED) is 0.133. The van der Waals surface area contributed by atoms with Crippen molar-refractivity contribution in [2.75, 3.05) is 18.5 Å². The molecule has 7 nitrogen and oxygen atoms in total. The number of allylic oxidation sites excluding steroid dienone is 2. The molecular formula is C30H50F3N5O2S. The normalized spacial score (nSPS) is 15.5. The smallest absolute Gasteiger partial charge is 0.402 e. The number of aromatic nitrogens is 1. The van der Waals surface area contributed by atoms with E-state index in [9.17, 15) is 22.8 Å². The number of hydrogen-bond donors (Lipinski definition) is 4. The van der Waals surface area contributed by atoms with Crippen LogP contribution in [0.2, 0.25) is 0 Å². The van der Waals surface area contributed by atoms with Crippen LogP contribution >= 0.6 is 12.6 Å². The first-order valence-electron chi connectivity index (χ1n) is 14.2. The summed E-state index contributed by atoms with van der Waals surface area (Å²) in [6.07, 6.45) is 5.66. The van der Waals surface area contributed by atoms with Gasteiger partial charge in [-0.25, -0.2) is 0 Å². The third-order valence-corrected chi connectivity index (χ3v) is 6.22. The summed E-state index contributed by atoms with van der Waals surface area (Å²) in [4.78, 5) is 28.9. The summed E-state index contributed by atoms with van der Waals surface area (Å²) in [5, 5.41) is 8.28. The van der Waals surface area contributed by atoms with Gasteiger partial charge in [0.15, 0.2) is 5.78 Å². The van der Waals surface area contributed by atoms with E-state index in [2.05, 4.69) is 17.6 Å². The van der Waals surface area contributed by atoms with Crippen molar-refractivity contribution in [3.8, 4) is 0 Å². The van der Waals surface area contributed by atoms with Crippen molar-refractivity contribution >= 4 is 35.7 Å². The summed E-state index contributed by atoms with van der Waals surface area (Å²) in [5.41, 5.74) is 11.9. The molecule has 2 heterocycles. The number of thiol groups is 1. The van der Waals surface area contributed by atoms with Gasteiger partial charge >= 0.3 is 6.18 Å². The van der Waals surface area contributed by atoms with E-state index in [-0.39, 0.29) is 23.0 Å². The van der Waals surface area contributed by atoms with Crippen LogP contribution in [0.4, 0.5) is 18.9 Å². The monoisotopic (exact) mass is 601 g/mol. The number of amides is 1. The molecule has 1 aromatic rings. The van der Waals surface area contributed by atoms with E-state index in [1.165, 1.54) is 4.90 Å². The van der Waals surface area contributed by atoms with Gasteiger partial charge in [0.2, 0.25) is 0 Å². The minimum atomic E-state index is -4.63. The molecule has 0 radical (unpaired) electrons. The Morgan fingerprint density at radius 1 is 1.20 bits per heavy atom. The van der Waals surface area contributed by atoms with E-state index < -0.39 is 23.8 Å². The second-order valence-electron chi connectivity index (χ2n) is 9.02. The van der Waals surface area contributed by atoms with Crippen molar-refractivity contribution in [3.05, 3.63) is 46.9 Å². The fraction of sp³-hybridized carbons (Fsp3) is 0.600. The first-order valence-corrected chi connectivity index (χ1v) is 15.1. The molecule has 1 aliphatic rings. The fourth-order valence-corrected chi connectivity index (χ4v) is 3.91. The van der Waals surface area contributed by atoms with Gasteiger partial charge < -0.3 is 21.8 Å². The number of nitrogens with one attached hydrogen (secondary N) is 1. The van der Waals surface area contributed by atoms with E-state index in [0.717, 1.165) is 25.5 Å². The largest absolute Gasteiger partial charge is 0.433 e. The molecule has 2 atom stereocenters. The second-order valence-corrected chi connectivity index (χ2v) is 9.02. The lowest BCUT2D eigenvalue weighted by Crippen LogP contribution is -2.47. The summed E-state index contributed by atoms with van der Waals surface area (Å²) in [5.74, 6) is -0.0537. The Hall–Kier alpha value is -2.82. The number of alkyl halides is 3. The number of nitrogen functional groups attached to an aromatic ring is 1. The summed E-state index contributed by atoms with van der Waals surface area (Å²) in [6.45, 7) is 14.2. The highest BCUT2D eigenvalue weighted by atomic mass is 32.1. The molecule has 0 fully saturated rings. The van der Waals surface area contributed by atoms with Crippen LogP contribution in [-0.2, 0) is 11.0 Å². The molecule has 11 heteroatoms. The molecule has 2 rings (SSSR count). The molecule has 0 saturated carbocycles. The maximum Gasteiger partial charge on any atom is 0.433 e. The lowest BCUT2D eigenvalue weighted by Gasteiger charge is -2.38. The van der Waals surface area contributed by atoms with Crippen LogP contribution in [0.15, 0.2) is 35.7 Å². The summed E-state index contributed by atoms with van der Waals surface area (Å²) in [6, 6.07) is 0.259. The van der Waals surface area contributed by atoms with Crippen LogP contribution in [0.5, 0.6) is 0 Å². The SMILES string of the molecule is CC.CC/C=C/C(=O)C(C)CC.CCCC(=N)C1=C(N)CCN(C(=O)c2cnc(C(F)(F)F)cc2N)C1CC.CS. The number of carbonyl (C=O) groups is 2. The Morgan fingerprint density at radius 2 is 1.78 bits per heavy atom. The summed E-state index contributed by atoms with van der Waals surface area (Å²) < 4.78 is 38.3. The Labute approximate surface area is 250 Å². The van der Waals surface area contributed by atoms with Gasteiger partial charge in [-0.2, -0.15) is 25.8 Å². The van der Waals surface area contributed by atoms with E-state index in [1.807, 2.05) is 54.5 Å². The third-order valence-electron chi connectivity index (χ3n) is 6.22. The Morgan fingerprint density at radius 3 is 2.22 bits per heavy atom. The molecule has 1 aromatic heterocycles. The molecule has 1 amide bonds. The van der Waals surface area contributed by atoms with Crippen LogP contribution in [0.3, 0.4) is 0 Å². The molecule has 0 saturated heterocycles. The highest BCUT2D eigenvalue weighted by Gasteiger charge is 2.36. The molecule has 0 spiro atoms. The Balaban J connectivity index is 0. The predicted molar refractivity (Wildman–Crippen MR) is 167 cm³/mol. The zero-order valence-electron chi connectivity index (χ0n) is 25.9. The molecule has 0 aliphatic carbocycles. The number of ketones is 1. The summed E-state index contributed by atoms with van der Waals surface area (Å²) >= 11 is 3.53. The number of nitrogens with two attached hydrogens (primary N) is 2. The first-order chi connectivity index (χ1) is 19.3. The molecule has 0 bridgehead atoms. The Bertz CT molecular complexity index is 1030. The Kier molecular flexibility index (Phi) is 20.6. The van der Waals surface area contributed by atoms with E-state index in [1.54, 1.807) is 12.3 Å². The molecule has 41 heavy (non-hydrogen) atoms. The highest BCUT2D eigenvalue weighted by molar-refractivity contribution is 7.79.